The molecule has 2 rings (SSSR count). The predicted molar refractivity (Wildman–Crippen MR) is 116 cm³/mol. The van der Waals surface area contributed by atoms with E-state index >= 15 is 0 Å². The molecule has 2 aromatic rings. The Labute approximate surface area is 172 Å². The lowest BCUT2D eigenvalue weighted by Gasteiger charge is -2.22. The molecule has 28 heavy (non-hydrogen) atoms. The molecule has 0 amide bonds. The number of aliphatic imine (C=N–C) groups is 1. The molecule has 0 aliphatic heterocycles. The second-order valence-electron chi connectivity index (χ2n) is 6.50. The predicted octanol–water partition coefficient (Wildman–Crippen LogP) is 2.37. The Morgan fingerprint density at radius 2 is 1.96 bits per heavy atom. The molecule has 2 aromatic heterocycles. The van der Waals surface area contributed by atoms with Crippen molar-refractivity contribution in [2.24, 2.45) is 12.0 Å². The van der Waals surface area contributed by atoms with Gasteiger partial charge in [0.1, 0.15) is 4.21 Å². The van der Waals surface area contributed by atoms with E-state index in [2.05, 4.69) is 25.8 Å². The molecule has 0 radical (unpaired) electrons. The quantitative estimate of drug-likeness (QED) is 0.495. The minimum Gasteiger partial charge on any atom is -0.356 e. The van der Waals surface area contributed by atoms with E-state index in [0.29, 0.717) is 23.8 Å². The Kier molecular flexibility index (Phi) is 8.09. The Morgan fingerprint density at radius 3 is 2.54 bits per heavy atom. The second kappa shape index (κ2) is 10.1. The van der Waals surface area contributed by atoms with Gasteiger partial charge in [-0.1, -0.05) is 13.8 Å². The number of guanidine groups is 1. The summed E-state index contributed by atoms with van der Waals surface area (Å²) in [5.41, 5.74) is 1.20. The first kappa shape index (κ1) is 22.4. The zero-order valence-electron chi connectivity index (χ0n) is 17.3. The zero-order valence-corrected chi connectivity index (χ0v) is 19.0. The van der Waals surface area contributed by atoms with Crippen molar-refractivity contribution in [2.45, 2.75) is 31.0 Å². The lowest BCUT2D eigenvalue weighted by Crippen LogP contribution is -2.39. The van der Waals surface area contributed by atoms with Gasteiger partial charge in [0.2, 0.25) is 0 Å². The Morgan fingerprint density at radius 1 is 1.25 bits per heavy atom. The molecule has 0 unspecified atom stereocenters. The maximum absolute atomic E-state index is 12.6. The minimum atomic E-state index is -3.38. The standard InChI is InChI=1S/C19H31N5O2S2/c1-6-24(7-2)28(25,26)18-11-10-17(27-18)12-13-21-19(20-3)23(5)15-16-9-8-14-22(16)4/h8-11,14H,6-7,12-13,15H2,1-5H3,(H,20,21). The highest BCUT2D eigenvalue weighted by Crippen LogP contribution is 2.25. The van der Waals surface area contributed by atoms with E-state index < -0.39 is 10.0 Å². The van der Waals surface area contributed by atoms with Crippen molar-refractivity contribution in [3.8, 4) is 0 Å². The Balaban J connectivity index is 1.92. The van der Waals surface area contributed by atoms with Crippen molar-refractivity contribution < 1.29 is 8.42 Å². The second-order valence-corrected chi connectivity index (χ2v) is 9.83. The molecular formula is C19H31N5O2S2. The van der Waals surface area contributed by atoms with E-state index in [1.165, 1.54) is 21.3 Å². The van der Waals surface area contributed by atoms with Gasteiger partial charge in [-0.3, -0.25) is 4.99 Å². The summed E-state index contributed by atoms with van der Waals surface area (Å²) in [6, 6.07) is 7.73. The average molecular weight is 426 g/mol. The topological polar surface area (TPSA) is 69.9 Å². The number of hydrogen-bond acceptors (Lipinski definition) is 4. The van der Waals surface area contributed by atoms with Crippen LogP contribution in [-0.4, -0.2) is 61.9 Å². The summed E-state index contributed by atoms with van der Waals surface area (Å²) in [6.45, 7) is 6.13. The summed E-state index contributed by atoms with van der Waals surface area (Å²) < 4.78 is 29.2. The molecule has 0 atom stereocenters. The average Bonchev–Trinajstić information content (AvgIpc) is 3.29. The maximum atomic E-state index is 12.6. The van der Waals surface area contributed by atoms with Gasteiger partial charge >= 0.3 is 0 Å². The van der Waals surface area contributed by atoms with Gasteiger partial charge in [-0.25, -0.2) is 8.42 Å². The zero-order chi connectivity index (χ0) is 20.7. The molecule has 1 N–H and O–H groups in total. The molecular weight excluding hydrogens is 394 g/mol. The molecule has 0 saturated carbocycles. The maximum Gasteiger partial charge on any atom is 0.252 e. The number of sulfonamides is 1. The molecule has 0 fully saturated rings. The van der Waals surface area contributed by atoms with Gasteiger partial charge in [0.05, 0.1) is 6.54 Å². The van der Waals surface area contributed by atoms with Gasteiger partial charge in [0.15, 0.2) is 5.96 Å². The molecule has 0 aliphatic carbocycles. The van der Waals surface area contributed by atoms with Crippen LogP contribution in [0, 0.1) is 0 Å². The first-order chi connectivity index (χ1) is 13.3. The third-order valence-corrected chi connectivity index (χ3v) is 8.28. The third kappa shape index (κ3) is 5.36. The van der Waals surface area contributed by atoms with Gasteiger partial charge in [-0.2, -0.15) is 4.31 Å². The summed E-state index contributed by atoms with van der Waals surface area (Å²) in [7, 11) is 2.42. The Bertz CT molecular complexity index is 882. The fourth-order valence-corrected chi connectivity index (χ4v) is 5.95. The monoisotopic (exact) mass is 425 g/mol. The number of nitrogens with zero attached hydrogens (tertiary/aromatic N) is 4. The number of aryl methyl sites for hydroxylation is 1. The van der Waals surface area contributed by atoms with Crippen LogP contribution in [0.5, 0.6) is 0 Å². The summed E-state index contributed by atoms with van der Waals surface area (Å²) in [4.78, 5) is 7.45. The highest BCUT2D eigenvalue weighted by atomic mass is 32.2. The molecule has 9 heteroatoms. The van der Waals surface area contributed by atoms with Crippen LogP contribution in [-0.2, 0) is 30.0 Å². The molecule has 7 nitrogen and oxygen atoms in total. The van der Waals surface area contributed by atoms with Crippen LogP contribution in [0.15, 0.2) is 39.7 Å². The van der Waals surface area contributed by atoms with Crippen molar-refractivity contribution >= 4 is 27.3 Å². The lowest BCUT2D eigenvalue weighted by molar-refractivity contribution is 0.447. The SMILES string of the molecule is CCN(CC)S(=O)(=O)c1ccc(CCNC(=NC)N(C)Cc2cccn2C)s1. The lowest BCUT2D eigenvalue weighted by atomic mass is 10.3. The number of thiophene rings is 1. The first-order valence-corrected chi connectivity index (χ1v) is 11.7. The van der Waals surface area contributed by atoms with Crippen molar-refractivity contribution in [2.75, 3.05) is 33.7 Å². The van der Waals surface area contributed by atoms with E-state index in [1.54, 1.807) is 13.1 Å². The van der Waals surface area contributed by atoms with Crippen LogP contribution < -0.4 is 5.32 Å². The third-order valence-electron chi connectivity index (χ3n) is 4.61. The highest BCUT2D eigenvalue weighted by molar-refractivity contribution is 7.91. The van der Waals surface area contributed by atoms with Crippen LogP contribution in [0.1, 0.15) is 24.4 Å². The van der Waals surface area contributed by atoms with Crippen LogP contribution in [0.2, 0.25) is 0 Å². The molecule has 0 aliphatic rings. The van der Waals surface area contributed by atoms with Crippen LogP contribution in [0.25, 0.3) is 0 Å². The number of rotatable bonds is 9. The Hall–Kier alpha value is -1.84. The highest BCUT2D eigenvalue weighted by Gasteiger charge is 2.23. The van der Waals surface area contributed by atoms with Crippen molar-refractivity contribution in [1.82, 2.24) is 19.1 Å². The van der Waals surface area contributed by atoms with Crippen LogP contribution in [0.3, 0.4) is 0 Å². The van der Waals surface area contributed by atoms with E-state index in [-0.39, 0.29) is 0 Å². The largest absolute Gasteiger partial charge is 0.356 e. The molecule has 2 heterocycles. The van der Waals surface area contributed by atoms with Crippen molar-refractivity contribution in [3.63, 3.8) is 0 Å². The van der Waals surface area contributed by atoms with Gasteiger partial charge in [-0.15, -0.1) is 11.3 Å². The fourth-order valence-electron chi connectivity index (χ4n) is 2.98. The minimum absolute atomic E-state index is 0.413. The number of hydrogen-bond donors (Lipinski definition) is 1. The van der Waals surface area contributed by atoms with E-state index in [1.807, 2.05) is 46.3 Å². The molecule has 0 spiro atoms. The normalized spacial score (nSPS) is 12.6. The molecule has 0 bridgehead atoms. The molecule has 156 valence electrons. The van der Waals surface area contributed by atoms with Gasteiger partial charge in [-0.05, 0) is 30.7 Å². The van der Waals surface area contributed by atoms with E-state index in [9.17, 15) is 8.42 Å². The number of aromatic nitrogens is 1. The van der Waals surface area contributed by atoms with Crippen LogP contribution >= 0.6 is 11.3 Å². The fraction of sp³-hybridized carbons (Fsp3) is 0.526. The van der Waals surface area contributed by atoms with Gasteiger partial charge in [0.25, 0.3) is 10.0 Å². The van der Waals surface area contributed by atoms with Crippen molar-refractivity contribution in [1.29, 1.82) is 0 Å². The van der Waals surface area contributed by atoms with E-state index in [0.717, 1.165) is 23.8 Å². The molecule has 0 aromatic carbocycles. The summed E-state index contributed by atoms with van der Waals surface area (Å²) in [5.74, 6) is 0.814. The van der Waals surface area contributed by atoms with Gasteiger partial charge < -0.3 is 14.8 Å². The van der Waals surface area contributed by atoms with Gasteiger partial charge in [0, 0.05) is 57.5 Å². The summed E-state index contributed by atoms with van der Waals surface area (Å²) >= 11 is 1.35. The summed E-state index contributed by atoms with van der Waals surface area (Å²) in [6.07, 6.45) is 2.77. The van der Waals surface area contributed by atoms with Crippen molar-refractivity contribution in [3.05, 3.63) is 41.0 Å². The first-order valence-electron chi connectivity index (χ1n) is 9.44. The summed E-state index contributed by atoms with van der Waals surface area (Å²) in [5, 5.41) is 3.36. The molecule has 0 saturated heterocycles. The van der Waals surface area contributed by atoms with E-state index in [4.69, 9.17) is 0 Å². The number of nitrogens with one attached hydrogen (secondary N) is 1. The smallest absolute Gasteiger partial charge is 0.252 e. The van der Waals surface area contributed by atoms with Crippen LogP contribution in [0.4, 0.5) is 0 Å².